The van der Waals surface area contributed by atoms with Crippen LogP contribution in [0, 0.1) is 5.41 Å². The molecule has 0 heterocycles. The summed E-state index contributed by atoms with van der Waals surface area (Å²) < 4.78 is 23.2. The first-order chi connectivity index (χ1) is 9.33. The molecule has 0 fully saturated rings. The minimum absolute atomic E-state index is 0.0930. The summed E-state index contributed by atoms with van der Waals surface area (Å²) in [5.74, 6) is -0.363. The Hall–Kier alpha value is -0.300. The number of carbonyl (C=O) groups excluding carboxylic acids is 1. The van der Waals surface area contributed by atoms with Crippen LogP contribution in [-0.2, 0) is 9.05 Å². The third-order valence-electron chi connectivity index (χ3n) is 2.57. The van der Waals surface area contributed by atoms with E-state index in [9.17, 15) is 13.2 Å². The molecule has 1 amide bonds. The largest absolute Gasteiger partial charge is 0.341 e. The van der Waals surface area contributed by atoms with Gasteiger partial charge in [-0.15, -0.1) is 0 Å². The lowest BCUT2D eigenvalue weighted by Crippen LogP contribution is -2.34. The summed E-state index contributed by atoms with van der Waals surface area (Å²) in [5, 5.41) is 0.157. The van der Waals surface area contributed by atoms with Gasteiger partial charge in [0.2, 0.25) is 0 Å². The summed E-state index contributed by atoms with van der Waals surface area (Å²) in [6.45, 7) is 6.48. The molecular weight excluding hydrogens is 401 g/mol. The minimum Gasteiger partial charge on any atom is -0.341 e. The summed E-state index contributed by atoms with van der Waals surface area (Å²) in [6.07, 6.45) is 0. The number of hydrogen-bond acceptors (Lipinski definition) is 3. The molecule has 0 saturated carbocycles. The molecule has 4 nitrogen and oxygen atoms in total. The maximum atomic E-state index is 12.5. The molecule has 0 aliphatic heterocycles. The molecule has 118 valence electrons. The molecule has 0 aromatic heterocycles. The molecule has 1 aromatic rings. The van der Waals surface area contributed by atoms with Gasteiger partial charge in [-0.2, -0.15) is 0 Å². The standard InChI is InChI=1S/C13H16BrCl2NO3S/c1-13(2,3)7-17(4)12(18)9-5-8(21(16,19)20)6-10(14)11(9)15/h5-6H,7H2,1-4H3. The average Bonchev–Trinajstić information content (AvgIpc) is 2.27. The zero-order valence-electron chi connectivity index (χ0n) is 12.1. The summed E-state index contributed by atoms with van der Waals surface area (Å²) in [6, 6.07) is 2.46. The second-order valence-electron chi connectivity index (χ2n) is 5.93. The fraction of sp³-hybridized carbons (Fsp3) is 0.462. The number of halogens is 3. The highest BCUT2D eigenvalue weighted by molar-refractivity contribution is 9.10. The molecule has 0 saturated heterocycles. The lowest BCUT2D eigenvalue weighted by atomic mass is 9.96. The smallest absolute Gasteiger partial charge is 0.261 e. The van der Waals surface area contributed by atoms with Crippen LogP contribution in [0.4, 0.5) is 0 Å². The predicted octanol–water partition coefficient (Wildman–Crippen LogP) is 4.15. The molecule has 0 aliphatic rings. The van der Waals surface area contributed by atoms with Crippen LogP contribution in [0.5, 0.6) is 0 Å². The van der Waals surface area contributed by atoms with E-state index in [-0.39, 0.29) is 26.8 Å². The Morgan fingerprint density at radius 3 is 2.29 bits per heavy atom. The van der Waals surface area contributed by atoms with Gasteiger partial charge in [-0.25, -0.2) is 8.42 Å². The van der Waals surface area contributed by atoms with E-state index in [1.807, 2.05) is 20.8 Å². The van der Waals surface area contributed by atoms with Gasteiger partial charge >= 0.3 is 0 Å². The van der Waals surface area contributed by atoms with Gasteiger partial charge in [-0.3, -0.25) is 4.79 Å². The van der Waals surface area contributed by atoms with Gasteiger partial charge < -0.3 is 4.90 Å². The quantitative estimate of drug-likeness (QED) is 0.695. The van der Waals surface area contributed by atoms with Crippen molar-refractivity contribution in [2.45, 2.75) is 25.7 Å². The average molecular weight is 417 g/mol. The molecule has 0 unspecified atom stereocenters. The van der Waals surface area contributed by atoms with Crippen LogP contribution in [-0.4, -0.2) is 32.8 Å². The van der Waals surface area contributed by atoms with Crippen molar-refractivity contribution in [3.8, 4) is 0 Å². The number of benzene rings is 1. The third kappa shape index (κ3) is 5.13. The zero-order valence-corrected chi connectivity index (χ0v) is 16.0. The van der Waals surface area contributed by atoms with E-state index >= 15 is 0 Å². The molecule has 21 heavy (non-hydrogen) atoms. The van der Waals surface area contributed by atoms with Gasteiger partial charge in [0.05, 0.1) is 15.5 Å². The number of nitrogens with zero attached hydrogens (tertiary/aromatic N) is 1. The second kappa shape index (κ2) is 6.44. The molecule has 8 heteroatoms. The lowest BCUT2D eigenvalue weighted by Gasteiger charge is -2.27. The molecule has 0 atom stereocenters. The van der Waals surface area contributed by atoms with Crippen LogP contribution in [0.25, 0.3) is 0 Å². The Bertz CT molecular complexity index is 669. The Balaban J connectivity index is 3.30. The second-order valence-corrected chi connectivity index (χ2v) is 9.72. The normalized spacial score (nSPS) is 12.3. The molecule has 0 bridgehead atoms. The van der Waals surface area contributed by atoms with Crippen molar-refractivity contribution >= 4 is 53.2 Å². The van der Waals surface area contributed by atoms with Gasteiger partial charge in [0.25, 0.3) is 15.0 Å². The Kier molecular flexibility index (Phi) is 5.75. The maximum Gasteiger partial charge on any atom is 0.261 e. The molecule has 0 N–H and O–H groups in total. The van der Waals surface area contributed by atoms with Crippen LogP contribution < -0.4 is 0 Å². The van der Waals surface area contributed by atoms with E-state index in [2.05, 4.69) is 15.9 Å². The van der Waals surface area contributed by atoms with E-state index in [4.69, 9.17) is 22.3 Å². The highest BCUT2D eigenvalue weighted by Gasteiger charge is 2.24. The fourth-order valence-electron chi connectivity index (χ4n) is 1.85. The van der Waals surface area contributed by atoms with E-state index in [0.29, 0.717) is 11.0 Å². The van der Waals surface area contributed by atoms with Crippen LogP contribution in [0.15, 0.2) is 21.5 Å². The first-order valence-electron chi connectivity index (χ1n) is 6.02. The van der Waals surface area contributed by atoms with Crippen molar-refractivity contribution in [1.82, 2.24) is 4.90 Å². The Morgan fingerprint density at radius 1 is 1.33 bits per heavy atom. The molecular formula is C13H16BrCl2NO3S. The highest BCUT2D eigenvalue weighted by Crippen LogP contribution is 2.32. The summed E-state index contributed by atoms with van der Waals surface area (Å²) in [4.78, 5) is 13.8. The van der Waals surface area contributed by atoms with Crippen LogP contribution in [0.3, 0.4) is 0 Å². The lowest BCUT2D eigenvalue weighted by molar-refractivity contribution is 0.0745. The monoisotopic (exact) mass is 415 g/mol. The van der Waals surface area contributed by atoms with E-state index in [1.165, 1.54) is 17.0 Å². The van der Waals surface area contributed by atoms with Crippen LogP contribution in [0.2, 0.25) is 5.02 Å². The summed E-state index contributed by atoms with van der Waals surface area (Å²) in [7, 11) is 3.02. The van der Waals surface area contributed by atoms with Gasteiger partial charge in [0, 0.05) is 28.7 Å². The SMILES string of the molecule is CN(CC(C)(C)C)C(=O)c1cc(S(=O)(=O)Cl)cc(Br)c1Cl. The summed E-state index contributed by atoms with van der Waals surface area (Å²) >= 11 is 9.24. The fourth-order valence-corrected chi connectivity index (χ4v) is 3.44. The third-order valence-corrected chi connectivity index (χ3v) is 5.17. The minimum atomic E-state index is -3.95. The summed E-state index contributed by atoms with van der Waals surface area (Å²) in [5.41, 5.74) is 0.00149. The zero-order chi connectivity index (χ0) is 16.6. The van der Waals surface area contributed by atoms with E-state index in [0.717, 1.165) is 0 Å². The molecule has 0 spiro atoms. The Morgan fingerprint density at radius 2 is 1.86 bits per heavy atom. The first-order valence-corrected chi connectivity index (χ1v) is 9.50. The molecule has 0 radical (unpaired) electrons. The Labute approximate surface area is 143 Å². The predicted molar refractivity (Wildman–Crippen MR) is 88.6 cm³/mol. The number of carbonyl (C=O) groups is 1. The van der Waals surface area contributed by atoms with Gasteiger partial charge in [0.1, 0.15) is 0 Å². The van der Waals surface area contributed by atoms with Crippen LogP contribution >= 0.6 is 38.2 Å². The number of amides is 1. The topological polar surface area (TPSA) is 54.5 Å². The van der Waals surface area contributed by atoms with Crippen molar-refractivity contribution in [2.75, 3.05) is 13.6 Å². The van der Waals surface area contributed by atoms with Crippen molar-refractivity contribution in [3.05, 3.63) is 27.2 Å². The molecule has 1 rings (SSSR count). The maximum absolute atomic E-state index is 12.5. The number of rotatable bonds is 3. The van der Waals surface area contributed by atoms with Gasteiger partial charge in [0.15, 0.2) is 0 Å². The van der Waals surface area contributed by atoms with Crippen molar-refractivity contribution in [3.63, 3.8) is 0 Å². The van der Waals surface area contributed by atoms with Crippen molar-refractivity contribution in [2.24, 2.45) is 5.41 Å². The molecule has 0 aliphatic carbocycles. The number of hydrogen-bond donors (Lipinski definition) is 0. The van der Waals surface area contributed by atoms with Crippen molar-refractivity contribution < 1.29 is 13.2 Å². The van der Waals surface area contributed by atoms with E-state index < -0.39 is 9.05 Å². The van der Waals surface area contributed by atoms with Gasteiger partial charge in [-0.05, 0) is 33.5 Å². The van der Waals surface area contributed by atoms with Crippen LogP contribution in [0.1, 0.15) is 31.1 Å². The first kappa shape index (κ1) is 18.7. The highest BCUT2D eigenvalue weighted by atomic mass is 79.9. The van der Waals surface area contributed by atoms with Crippen molar-refractivity contribution in [1.29, 1.82) is 0 Å². The van der Waals surface area contributed by atoms with Gasteiger partial charge in [-0.1, -0.05) is 32.4 Å². The van der Waals surface area contributed by atoms with E-state index in [1.54, 1.807) is 7.05 Å². The molecule has 1 aromatic carbocycles.